The molecule has 2 heterocycles. The van der Waals surface area contributed by atoms with Gasteiger partial charge in [-0.3, -0.25) is 9.97 Å². The smallest absolute Gasteiger partial charge is 0.432 e. The molecular weight excluding hydrogens is 1060 g/mol. The molecule has 0 aromatic carbocycles. The van der Waals surface area contributed by atoms with E-state index in [1.807, 2.05) is 24.8 Å². The van der Waals surface area contributed by atoms with Gasteiger partial charge in [0, 0.05) is 24.8 Å². The van der Waals surface area contributed by atoms with Crippen LogP contribution in [-0.4, -0.2) is 119 Å². The van der Waals surface area contributed by atoms with Gasteiger partial charge in [0.1, 0.15) is 26.4 Å². The molecule has 0 bridgehead atoms. The van der Waals surface area contributed by atoms with E-state index >= 15 is 0 Å². The molecule has 84 heavy (non-hydrogen) atoms. The van der Waals surface area contributed by atoms with Crippen LogP contribution in [-0.2, 0) is 47.4 Å². The standard InChI is InChI=1S/C69H96N2O13/c1-45(2)83-64(73)79-37-33-75-31-35-77-61(47-21-25-66(5)51(39-47)13-15-53-57-19-17-55(49-11-9-29-70-41-49)68(57,7)27-23-59(53)66)43-81-63(72)82-44-62(78-36-32-76-34-38-80-65(74)84-46(3)4)48-22-26-67(6)52(40-48)14-16-54-58-20-18-56(50-12-10-30-71-42-50)69(58,8)28-24-60(54)67/h9-14,17-18,29-30,41-42,45-48,53-54,57-62H,15-16,19-28,31-40,43-44H2,1-8H3/t47-,48-,53-,54-,57-,58-,59-,60-,61?,62?,66-,67-,68+,69+/m0/s1. The van der Waals surface area contributed by atoms with Crippen molar-refractivity contribution in [3.05, 3.63) is 95.6 Å². The number of allylic oxidation sites excluding steroid dienone is 8. The molecule has 14 atom stereocenters. The van der Waals surface area contributed by atoms with Gasteiger partial charge in [-0.05, 0) is 221 Å². The van der Waals surface area contributed by atoms with Crippen LogP contribution in [0.3, 0.4) is 0 Å². The lowest BCUT2D eigenvalue weighted by atomic mass is 9.46. The molecule has 460 valence electrons. The molecule has 0 aliphatic heterocycles. The van der Waals surface area contributed by atoms with Gasteiger partial charge in [-0.1, -0.05) is 75.3 Å². The quantitative estimate of drug-likeness (QED) is 0.0421. The Morgan fingerprint density at radius 3 is 1.31 bits per heavy atom. The van der Waals surface area contributed by atoms with Crippen molar-refractivity contribution in [3.8, 4) is 0 Å². The van der Waals surface area contributed by atoms with Crippen LogP contribution in [0.2, 0.25) is 0 Å². The number of rotatable bonds is 24. The first-order valence-corrected chi connectivity index (χ1v) is 32.0. The zero-order valence-corrected chi connectivity index (χ0v) is 51.5. The van der Waals surface area contributed by atoms with Crippen molar-refractivity contribution in [1.29, 1.82) is 0 Å². The van der Waals surface area contributed by atoms with E-state index < -0.39 is 30.7 Å². The molecule has 2 aromatic rings. The Morgan fingerprint density at radius 2 is 0.905 bits per heavy atom. The Hall–Kier alpha value is -5.09. The molecule has 15 nitrogen and oxygen atoms in total. The Balaban J connectivity index is 0.778. The molecule has 8 aliphatic carbocycles. The van der Waals surface area contributed by atoms with Crippen molar-refractivity contribution in [1.82, 2.24) is 9.97 Å². The minimum Gasteiger partial charge on any atom is -0.432 e. The van der Waals surface area contributed by atoms with Crippen LogP contribution in [0.1, 0.15) is 156 Å². The highest BCUT2D eigenvalue weighted by molar-refractivity contribution is 5.73. The fourth-order valence-corrected chi connectivity index (χ4v) is 17.6. The molecule has 0 saturated heterocycles. The average molecular weight is 1160 g/mol. The number of nitrogens with zero attached hydrogens (tertiary/aromatic N) is 2. The van der Waals surface area contributed by atoms with E-state index in [4.69, 9.17) is 47.4 Å². The Labute approximate surface area is 499 Å². The molecule has 8 aliphatic rings. The summed E-state index contributed by atoms with van der Waals surface area (Å²) in [5, 5.41) is 0. The van der Waals surface area contributed by atoms with Gasteiger partial charge in [-0.25, -0.2) is 14.4 Å². The van der Waals surface area contributed by atoms with Crippen molar-refractivity contribution >= 4 is 29.6 Å². The van der Waals surface area contributed by atoms with Crippen LogP contribution in [0.5, 0.6) is 0 Å². The summed E-state index contributed by atoms with van der Waals surface area (Å²) in [7, 11) is 0. The van der Waals surface area contributed by atoms with E-state index in [0.717, 1.165) is 64.2 Å². The molecule has 2 unspecified atom stereocenters. The summed E-state index contributed by atoms with van der Waals surface area (Å²) < 4.78 is 57.6. The van der Waals surface area contributed by atoms with Crippen LogP contribution in [0.15, 0.2) is 84.5 Å². The van der Waals surface area contributed by atoms with Crippen LogP contribution in [0.4, 0.5) is 14.4 Å². The second-order valence-corrected chi connectivity index (χ2v) is 27.1. The van der Waals surface area contributed by atoms with Crippen LogP contribution >= 0.6 is 0 Å². The van der Waals surface area contributed by atoms with Gasteiger partial charge < -0.3 is 47.4 Å². The second kappa shape index (κ2) is 27.3. The molecule has 0 radical (unpaired) electrons. The highest BCUT2D eigenvalue weighted by atomic mass is 16.7. The fourth-order valence-electron chi connectivity index (χ4n) is 17.6. The summed E-state index contributed by atoms with van der Waals surface area (Å²) in [6.45, 7) is 18.9. The maximum Gasteiger partial charge on any atom is 0.508 e. The van der Waals surface area contributed by atoms with Gasteiger partial charge in [0.25, 0.3) is 0 Å². The van der Waals surface area contributed by atoms with E-state index in [1.54, 1.807) is 27.7 Å². The number of pyridine rings is 2. The van der Waals surface area contributed by atoms with Gasteiger partial charge in [-0.15, -0.1) is 0 Å². The van der Waals surface area contributed by atoms with Gasteiger partial charge in [-0.2, -0.15) is 0 Å². The molecule has 0 N–H and O–H groups in total. The molecule has 4 saturated carbocycles. The first kappa shape index (κ1) is 62.0. The highest BCUT2D eigenvalue weighted by Gasteiger charge is 2.59. The van der Waals surface area contributed by atoms with Crippen molar-refractivity contribution in [2.24, 2.45) is 69.0 Å². The van der Waals surface area contributed by atoms with Crippen molar-refractivity contribution < 1.29 is 61.8 Å². The minimum atomic E-state index is -0.747. The lowest BCUT2D eigenvalue weighted by Gasteiger charge is -2.58. The fraction of sp³-hybridized carbons (Fsp3) is 0.696. The Kier molecular flexibility index (Phi) is 20.1. The lowest BCUT2D eigenvalue weighted by Crippen LogP contribution is -2.50. The molecular formula is C69H96N2O13. The monoisotopic (exact) mass is 1160 g/mol. The zero-order valence-electron chi connectivity index (χ0n) is 51.5. The zero-order chi connectivity index (χ0) is 59.1. The molecule has 0 amide bonds. The van der Waals surface area contributed by atoms with Crippen LogP contribution in [0.25, 0.3) is 11.1 Å². The van der Waals surface area contributed by atoms with Gasteiger partial charge in [0.2, 0.25) is 0 Å². The van der Waals surface area contributed by atoms with E-state index in [1.165, 1.54) is 59.1 Å². The van der Waals surface area contributed by atoms with Gasteiger partial charge in [0.15, 0.2) is 0 Å². The Morgan fingerprint density at radius 1 is 0.488 bits per heavy atom. The van der Waals surface area contributed by atoms with Crippen molar-refractivity contribution in [2.75, 3.05) is 66.1 Å². The predicted octanol–water partition coefficient (Wildman–Crippen LogP) is 14.4. The maximum absolute atomic E-state index is 13.9. The largest absolute Gasteiger partial charge is 0.508 e. The molecule has 2 aromatic heterocycles. The number of hydrogen-bond donors (Lipinski definition) is 0. The van der Waals surface area contributed by atoms with E-state index in [9.17, 15) is 14.4 Å². The van der Waals surface area contributed by atoms with Crippen LogP contribution < -0.4 is 0 Å². The van der Waals surface area contributed by atoms with Crippen molar-refractivity contribution in [3.63, 3.8) is 0 Å². The summed E-state index contributed by atoms with van der Waals surface area (Å²) in [5.41, 5.74) is 9.01. The third-order valence-corrected chi connectivity index (χ3v) is 21.9. The average Bonchev–Trinajstić information content (AvgIpc) is 1.44. The summed E-state index contributed by atoms with van der Waals surface area (Å²) >= 11 is 0. The number of ether oxygens (including phenoxy) is 10. The first-order chi connectivity index (χ1) is 40.5. The van der Waals surface area contributed by atoms with Gasteiger partial charge in [0.05, 0.1) is 64.1 Å². The lowest BCUT2D eigenvalue weighted by molar-refractivity contribution is -0.0899. The topological polar surface area (TPSA) is 169 Å². The summed E-state index contributed by atoms with van der Waals surface area (Å²) in [6, 6.07) is 8.57. The number of hydrogen-bond acceptors (Lipinski definition) is 15. The predicted molar refractivity (Wildman–Crippen MR) is 319 cm³/mol. The highest BCUT2D eigenvalue weighted by Crippen LogP contribution is 2.68. The summed E-state index contributed by atoms with van der Waals surface area (Å²) in [5.74, 6) is 3.91. The molecule has 0 spiro atoms. The number of fused-ring (bicyclic) bond motifs is 10. The molecule has 15 heteroatoms. The number of aromatic nitrogens is 2. The van der Waals surface area contributed by atoms with Gasteiger partial charge >= 0.3 is 18.5 Å². The third kappa shape index (κ3) is 13.5. The summed E-state index contributed by atoms with van der Waals surface area (Å²) in [4.78, 5) is 46.8. The number of carbonyl (C=O) groups is 3. The first-order valence-electron chi connectivity index (χ1n) is 32.0. The Bertz CT molecular complexity index is 2510. The maximum atomic E-state index is 13.9. The molecule has 4 fully saturated rings. The molecule has 10 rings (SSSR count). The normalized spacial score (nSPS) is 32.8. The van der Waals surface area contributed by atoms with E-state index in [0.29, 0.717) is 35.5 Å². The second-order valence-electron chi connectivity index (χ2n) is 27.1. The van der Waals surface area contributed by atoms with Crippen LogP contribution in [0, 0.1) is 69.0 Å². The SMILES string of the molecule is CC(C)OC(=O)OCCOCCOC(COC(=O)OCC(OCCOCCOC(=O)OC(C)C)[C@H]1CC[C@@]2(C)C(=CC[C@@H]3[C@@H]2CC[C@]2(C)C(c4cccnc4)=CC[C@@H]32)C1)[C@H]1CC[C@@]2(C)C(=CC[C@@H]3[C@@H]2CC[C@]2(C)C(c4cccnc4)=CC[C@@H]32)C1. The van der Waals surface area contributed by atoms with E-state index in [-0.39, 0.29) is 112 Å². The minimum absolute atomic E-state index is 0.0373. The summed E-state index contributed by atoms with van der Waals surface area (Å²) in [6.07, 6.45) is 29.3. The van der Waals surface area contributed by atoms with Crippen molar-refractivity contribution in [2.45, 2.75) is 170 Å². The third-order valence-electron chi connectivity index (χ3n) is 21.9. The number of carbonyl (C=O) groups excluding carboxylic acids is 3. The van der Waals surface area contributed by atoms with E-state index in [2.05, 4.69) is 86.2 Å².